The van der Waals surface area contributed by atoms with Crippen LogP contribution in [0.2, 0.25) is 0 Å². The standard InChI is InChI=1S/C7H13NO2/c1-3-5-4(2)6(8)7(9)10-5/h4-6H,3,8H2,1-2H3/t4-,5?,6-/m0/s1. The summed E-state index contributed by atoms with van der Waals surface area (Å²) in [7, 11) is 0. The van der Waals surface area contributed by atoms with E-state index in [1.807, 2.05) is 13.8 Å². The highest BCUT2D eigenvalue weighted by Crippen LogP contribution is 2.22. The van der Waals surface area contributed by atoms with Gasteiger partial charge in [-0.3, -0.25) is 4.79 Å². The fraction of sp³-hybridized carbons (Fsp3) is 0.857. The zero-order valence-electron chi connectivity index (χ0n) is 6.33. The topological polar surface area (TPSA) is 52.3 Å². The fourth-order valence-corrected chi connectivity index (χ4v) is 1.24. The number of nitrogens with two attached hydrogens (primary N) is 1. The molecule has 3 nitrogen and oxygen atoms in total. The van der Waals surface area contributed by atoms with E-state index in [0.29, 0.717) is 0 Å². The minimum absolute atomic E-state index is 0.0440. The second kappa shape index (κ2) is 2.58. The van der Waals surface area contributed by atoms with E-state index in [0.717, 1.165) is 6.42 Å². The first-order valence-corrected chi connectivity index (χ1v) is 3.63. The van der Waals surface area contributed by atoms with Crippen LogP contribution in [0.1, 0.15) is 20.3 Å². The quantitative estimate of drug-likeness (QED) is 0.536. The smallest absolute Gasteiger partial charge is 0.323 e. The molecule has 1 saturated heterocycles. The number of esters is 1. The van der Waals surface area contributed by atoms with Crippen molar-refractivity contribution in [3.8, 4) is 0 Å². The van der Waals surface area contributed by atoms with Crippen molar-refractivity contribution in [1.82, 2.24) is 0 Å². The van der Waals surface area contributed by atoms with Gasteiger partial charge < -0.3 is 10.5 Å². The van der Waals surface area contributed by atoms with Crippen LogP contribution in [0, 0.1) is 5.92 Å². The predicted octanol–water partition coefficient (Wildman–Crippen LogP) is 0.285. The van der Waals surface area contributed by atoms with Crippen molar-refractivity contribution in [3.63, 3.8) is 0 Å². The van der Waals surface area contributed by atoms with Crippen molar-refractivity contribution in [2.45, 2.75) is 32.4 Å². The number of rotatable bonds is 1. The monoisotopic (exact) mass is 143 g/mol. The highest BCUT2D eigenvalue weighted by atomic mass is 16.6. The molecule has 10 heavy (non-hydrogen) atoms. The van der Waals surface area contributed by atoms with Crippen LogP contribution in [0.15, 0.2) is 0 Å². The Morgan fingerprint density at radius 2 is 2.30 bits per heavy atom. The van der Waals surface area contributed by atoms with E-state index in [9.17, 15) is 4.79 Å². The van der Waals surface area contributed by atoms with Crippen LogP contribution in [-0.2, 0) is 9.53 Å². The van der Waals surface area contributed by atoms with Gasteiger partial charge in [0.1, 0.15) is 12.1 Å². The molecule has 58 valence electrons. The minimum atomic E-state index is -0.398. The molecule has 0 radical (unpaired) electrons. The maximum atomic E-state index is 10.8. The average Bonchev–Trinajstić information content (AvgIpc) is 2.17. The molecule has 0 aromatic heterocycles. The van der Waals surface area contributed by atoms with Crippen LogP contribution in [0.5, 0.6) is 0 Å². The van der Waals surface area contributed by atoms with Crippen LogP contribution in [0.25, 0.3) is 0 Å². The van der Waals surface area contributed by atoms with Crippen LogP contribution < -0.4 is 5.73 Å². The number of ether oxygens (including phenoxy) is 1. The number of hydrogen-bond acceptors (Lipinski definition) is 3. The summed E-state index contributed by atoms with van der Waals surface area (Å²) in [4.78, 5) is 10.8. The lowest BCUT2D eigenvalue weighted by atomic mass is 9.98. The second-order valence-corrected chi connectivity index (χ2v) is 2.77. The van der Waals surface area contributed by atoms with Gasteiger partial charge in [0.25, 0.3) is 0 Å². The van der Waals surface area contributed by atoms with E-state index in [-0.39, 0.29) is 18.0 Å². The molecule has 0 aromatic carbocycles. The van der Waals surface area contributed by atoms with Gasteiger partial charge in [-0.05, 0) is 6.42 Å². The van der Waals surface area contributed by atoms with Crippen LogP contribution >= 0.6 is 0 Å². The summed E-state index contributed by atoms with van der Waals surface area (Å²) in [6.45, 7) is 3.94. The van der Waals surface area contributed by atoms with Gasteiger partial charge in [0.05, 0.1) is 0 Å². The molecule has 1 heterocycles. The summed E-state index contributed by atoms with van der Waals surface area (Å²) in [5.41, 5.74) is 5.51. The zero-order chi connectivity index (χ0) is 7.72. The van der Waals surface area contributed by atoms with Crippen molar-refractivity contribution in [2.24, 2.45) is 11.7 Å². The second-order valence-electron chi connectivity index (χ2n) is 2.77. The Hall–Kier alpha value is -0.570. The molecule has 1 unspecified atom stereocenters. The Morgan fingerprint density at radius 1 is 1.70 bits per heavy atom. The highest BCUT2D eigenvalue weighted by molar-refractivity contribution is 5.78. The summed E-state index contributed by atoms with van der Waals surface area (Å²) in [6.07, 6.45) is 0.906. The van der Waals surface area contributed by atoms with Crippen molar-refractivity contribution < 1.29 is 9.53 Å². The van der Waals surface area contributed by atoms with Gasteiger partial charge in [0.2, 0.25) is 0 Å². The SMILES string of the molecule is CCC1OC(=O)[C@@H](N)[C@H]1C. The Balaban J connectivity index is 2.61. The van der Waals surface area contributed by atoms with Gasteiger partial charge in [-0.25, -0.2) is 0 Å². The predicted molar refractivity (Wildman–Crippen MR) is 37.3 cm³/mol. The molecule has 0 aliphatic carbocycles. The molecular formula is C7H13NO2. The minimum Gasteiger partial charge on any atom is -0.461 e. The molecule has 2 N–H and O–H groups in total. The highest BCUT2D eigenvalue weighted by Gasteiger charge is 2.37. The number of cyclic esters (lactones) is 1. The molecule has 3 heteroatoms. The Morgan fingerprint density at radius 3 is 2.50 bits per heavy atom. The van der Waals surface area contributed by atoms with Gasteiger partial charge in [0, 0.05) is 5.92 Å². The zero-order valence-corrected chi connectivity index (χ0v) is 6.33. The Kier molecular flexibility index (Phi) is 1.94. The summed E-state index contributed by atoms with van der Waals surface area (Å²) in [5, 5.41) is 0. The molecule has 0 spiro atoms. The molecular weight excluding hydrogens is 130 g/mol. The Bertz CT molecular complexity index is 147. The van der Waals surface area contributed by atoms with Gasteiger partial charge in [0.15, 0.2) is 0 Å². The van der Waals surface area contributed by atoms with E-state index >= 15 is 0 Å². The number of carbonyl (C=O) groups is 1. The first-order valence-electron chi connectivity index (χ1n) is 3.63. The summed E-state index contributed by atoms with van der Waals surface area (Å²) < 4.78 is 4.97. The van der Waals surface area contributed by atoms with Gasteiger partial charge >= 0.3 is 5.97 Å². The van der Waals surface area contributed by atoms with E-state index in [1.54, 1.807) is 0 Å². The molecule has 0 aromatic rings. The summed E-state index contributed by atoms with van der Waals surface area (Å²) in [5.74, 6) is -0.0724. The average molecular weight is 143 g/mol. The molecule has 0 saturated carbocycles. The Labute approximate surface area is 60.5 Å². The third kappa shape index (κ3) is 1.01. The fourth-order valence-electron chi connectivity index (χ4n) is 1.24. The van der Waals surface area contributed by atoms with E-state index in [4.69, 9.17) is 10.5 Å². The lowest BCUT2D eigenvalue weighted by Gasteiger charge is -2.10. The maximum Gasteiger partial charge on any atom is 0.323 e. The van der Waals surface area contributed by atoms with Crippen molar-refractivity contribution in [3.05, 3.63) is 0 Å². The number of carbonyl (C=O) groups excluding carboxylic acids is 1. The third-order valence-electron chi connectivity index (χ3n) is 2.09. The molecule has 3 atom stereocenters. The van der Waals surface area contributed by atoms with E-state index < -0.39 is 6.04 Å². The summed E-state index contributed by atoms with van der Waals surface area (Å²) in [6, 6.07) is -0.398. The molecule has 1 rings (SSSR count). The van der Waals surface area contributed by atoms with Crippen LogP contribution in [-0.4, -0.2) is 18.1 Å². The summed E-state index contributed by atoms with van der Waals surface area (Å²) >= 11 is 0. The normalized spacial score (nSPS) is 39.9. The van der Waals surface area contributed by atoms with Gasteiger partial charge in [-0.15, -0.1) is 0 Å². The lowest BCUT2D eigenvalue weighted by molar-refractivity contribution is -0.142. The van der Waals surface area contributed by atoms with E-state index in [1.165, 1.54) is 0 Å². The maximum absolute atomic E-state index is 10.8. The van der Waals surface area contributed by atoms with E-state index in [2.05, 4.69) is 0 Å². The lowest BCUT2D eigenvalue weighted by Crippen LogP contribution is -2.31. The number of hydrogen-bond donors (Lipinski definition) is 1. The van der Waals surface area contributed by atoms with Gasteiger partial charge in [-0.1, -0.05) is 13.8 Å². The van der Waals surface area contributed by atoms with Crippen molar-refractivity contribution in [1.29, 1.82) is 0 Å². The first-order chi connectivity index (χ1) is 4.66. The van der Waals surface area contributed by atoms with Crippen molar-refractivity contribution in [2.75, 3.05) is 0 Å². The molecule has 0 amide bonds. The largest absolute Gasteiger partial charge is 0.461 e. The van der Waals surface area contributed by atoms with Crippen LogP contribution in [0.3, 0.4) is 0 Å². The van der Waals surface area contributed by atoms with Gasteiger partial charge in [-0.2, -0.15) is 0 Å². The molecule has 0 bridgehead atoms. The third-order valence-corrected chi connectivity index (χ3v) is 2.09. The molecule has 1 aliphatic rings. The van der Waals surface area contributed by atoms with Crippen LogP contribution in [0.4, 0.5) is 0 Å². The molecule has 1 fully saturated rings. The molecule has 1 aliphatic heterocycles. The van der Waals surface area contributed by atoms with Crippen molar-refractivity contribution >= 4 is 5.97 Å². The first kappa shape index (κ1) is 7.54.